The molecule has 2 aromatic heterocycles. The average Bonchev–Trinajstić information content (AvgIpc) is 2.61. The Hall–Kier alpha value is -3.26. The van der Waals surface area contributed by atoms with Crippen LogP contribution in [0.25, 0.3) is 11.0 Å². The number of carbonyl (C=O) groups is 1. The maximum absolute atomic E-state index is 11.9. The highest BCUT2D eigenvalue weighted by Gasteiger charge is 2.08. The molecule has 0 spiro atoms. The Morgan fingerprint density at radius 3 is 2.64 bits per heavy atom. The third-order valence-electron chi connectivity index (χ3n) is 3.45. The van der Waals surface area contributed by atoms with Crippen molar-refractivity contribution in [3.8, 4) is 0 Å². The maximum atomic E-state index is 11.9. The molecule has 0 radical (unpaired) electrons. The van der Waals surface area contributed by atoms with Gasteiger partial charge >= 0.3 is 5.63 Å². The molecule has 126 valence electrons. The first-order valence-electron chi connectivity index (χ1n) is 7.35. The molecule has 1 amide bonds. The number of fused-ring (bicyclic) bond motifs is 1. The van der Waals surface area contributed by atoms with Crippen molar-refractivity contribution in [1.29, 1.82) is 0 Å². The second-order valence-corrected chi connectivity index (χ2v) is 5.64. The zero-order valence-corrected chi connectivity index (χ0v) is 14.0. The number of aromatic nitrogens is 1. The number of thiocarbonyl (C=S) groups is 1. The number of nitrogens with one attached hydrogen (secondary N) is 3. The van der Waals surface area contributed by atoms with Gasteiger partial charge in [0.25, 0.3) is 5.91 Å². The molecule has 0 fully saturated rings. The Morgan fingerprint density at radius 2 is 1.88 bits per heavy atom. The number of hydrogen-bond donors (Lipinski definition) is 3. The fourth-order valence-corrected chi connectivity index (χ4v) is 2.36. The van der Waals surface area contributed by atoms with Crippen LogP contribution in [0.1, 0.15) is 15.9 Å². The number of carbonyl (C=O) groups excluding carboxylic acids is 1. The van der Waals surface area contributed by atoms with Crippen molar-refractivity contribution in [2.45, 2.75) is 6.92 Å². The normalized spacial score (nSPS) is 10.3. The summed E-state index contributed by atoms with van der Waals surface area (Å²) in [6.45, 7) is 1.85. The predicted octanol–water partition coefficient (Wildman–Crippen LogP) is 2.13. The largest absolute Gasteiger partial charge is 0.423 e. The minimum Gasteiger partial charge on any atom is -0.423 e. The molecule has 3 aromatic rings. The van der Waals surface area contributed by atoms with Crippen molar-refractivity contribution < 1.29 is 9.21 Å². The summed E-state index contributed by atoms with van der Waals surface area (Å²) < 4.78 is 5.14. The van der Waals surface area contributed by atoms with Crippen LogP contribution in [0.3, 0.4) is 0 Å². The zero-order chi connectivity index (χ0) is 17.8. The summed E-state index contributed by atoms with van der Waals surface area (Å²) in [6, 6.07) is 9.77. The molecular weight excluding hydrogens is 340 g/mol. The third-order valence-corrected chi connectivity index (χ3v) is 3.65. The molecule has 3 rings (SSSR count). The zero-order valence-electron chi connectivity index (χ0n) is 13.2. The smallest absolute Gasteiger partial charge is 0.336 e. The highest BCUT2D eigenvalue weighted by Crippen LogP contribution is 2.22. The Bertz CT molecular complexity index is 1000. The van der Waals surface area contributed by atoms with Crippen molar-refractivity contribution in [3.05, 3.63) is 70.3 Å². The van der Waals surface area contributed by atoms with Gasteiger partial charge in [-0.05, 0) is 55.0 Å². The quantitative estimate of drug-likeness (QED) is 0.368. The van der Waals surface area contributed by atoms with E-state index in [0.717, 1.165) is 16.6 Å². The number of amides is 1. The lowest BCUT2D eigenvalue weighted by Gasteiger charge is -2.13. The molecule has 2 heterocycles. The van der Waals surface area contributed by atoms with Gasteiger partial charge in [0.05, 0.1) is 0 Å². The second-order valence-electron chi connectivity index (χ2n) is 5.23. The van der Waals surface area contributed by atoms with Gasteiger partial charge in [-0.25, -0.2) is 4.79 Å². The van der Waals surface area contributed by atoms with Gasteiger partial charge in [0.2, 0.25) is 0 Å². The number of benzene rings is 1. The number of nitrogens with zero attached hydrogens (tertiary/aromatic N) is 1. The van der Waals surface area contributed by atoms with Gasteiger partial charge in [-0.1, -0.05) is 0 Å². The standard InChI is InChI=1S/C17H14N4O3S/c1-10-8-14-12(2-3-15(22)24-14)9-13(10)19-17(25)21-20-16(23)11-4-6-18-7-5-11/h2-9H,1H3,(H,20,23)(H2,19,21,25). The Balaban J connectivity index is 1.67. The summed E-state index contributed by atoms with van der Waals surface area (Å²) in [4.78, 5) is 27.1. The van der Waals surface area contributed by atoms with Crippen LogP contribution < -0.4 is 21.8 Å². The van der Waals surface area contributed by atoms with E-state index in [-0.39, 0.29) is 11.0 Å². The molecule has 0 aliphatic carbocycles. The first-order valence-corrected chi connectivity index (χ1v) is 7.75. The lowest BCUT2D eigenvalue weighted by Crippen LogP contribution is -2.43. The Labute approximate surface area is 148 Å². The topological polar surface area (TPSA) is 96.3 Å². The van der Waals surface area contributed by atoms with Crippen LogP contribution in [0.15, 0.2) is 58.0 Å². The summed E-state index contributed by atoms with van der Waals surface area (Å²) in [7, 11) is 0. The van der Waals surface area contributed by atoms with Crippen LogP contribution in [0, 0.1) is 6.92 Å². The Kier molecular flexibility index (Phi) is 4.71. The van der Waals surface area contributed by atoms with Crippen molar-refractivity contribution in [3.63, 3.8) is 0 Å². The van der Waals surface area contributed by atoms with Crippen LogP contribution in [-0.2, 0) is 0 Å². The van der Waals surface area contributed by atoms with Gasteiger partial charge in [0.1, 0.15) is 5.58 Å². The predicted molar refractivity (Wildman–Crippen MR) is 98.3 cm³/mol. The lowest BCUT2D eigenvalue weighted by molar-refractivity contribution is 0.0944. The number of hydrazine groups is 1. The molecule has 0 bridgehead atoms. The molecule has 0 atom stereocenters. The van der Waals surface area contributed by atoms with Crippen molar-refractivity contribution in [2.75, 3.05) is 5.32 Å². The van der Waals surface area contributed by atoms with E-state index in [1.54, 1.807) is 24.3 Å². The molecule has 7 nitrogen and oxygen atoms in total. The van der Waals surface area contributed by atoms with Crippen LogP contribution in [0.4, 0.5) is 5.69 Å². The summed E-state index contributed by atoms with van der Waals surface area (Å²) in [6.07, 6.45) is 3.06. The molecule has 0 aliphatic rings. The number of aryl methyl sites for hydroxylation is 1. The van der Waals surface area contributed by atoms with Gasteiger partial charge in [0.15, 0.2) is 5.11 Å². The van der Waals surface area contributed by atoms with Gasteiger partial charge in [-0.2, -0.15) is 0 Å². The van der Waals surface area contributed by atoms with Crippen LogP contribution >= 0.6 is 12.2 Å². The monoisotopic (exact) mass is 354 g/mol. The van der Waals surface area contributed by atoms with Crippen LogP contribution in [-0.4, -0.2) is 16.0 Å². The van der Waals surface area contributed by atoms with Crippen LogP contribution in [0.2, 0.25) is 0 Å². The highest BCUT2D eigenvalue weighted by atomic mass is 32.1. The molecule has 3 N–H and O–H groups in total. The van der Waals surface area contributed by atoms with E-state index in [4.69, 9.17) is 16.6 Å². The molecule has 0 aliphatic heterocycles. The summed E-state index contributed by atoms with van der Waals surface area (Å²) in [5.41, 5.74) is 7.28. The number of rotatable bonds is 2. The number of anilines is 1. The fraction of sp³-hybridized carbons (Fsp3) is 0.0588. The van der Waals surface area contributed by atoms with Gasteiger partial charge in [-0.3, -0.25) is 20.6 Å². The maximum Gasteiger partial charge on any atom is 0.336 e. The lowest BCUT2D eigenvalue weighted by atomic mass is 10.1. The van der Waals surface area contributed by atoms with E-state index in [1.807, 2.05) is 13.0 Å². The van der Waals surface area contributed by atoms with Crippen molar-refractivity contribution >= 4 is 39.9 Å². The minimum atomic E-state index is -0.399. The van der Waals surface area contributed by atoms with E-state index in [1.165, 1.54) is 18.5 Å². The van der Waals surface area contributed by atoms with Gasteiger partial charge < -0.3 is 9.73 Å². The molecule has 1 aromatic carbocycles. The molecule has 25 heavy (non-hydrogen) atoms. The molecule has 0 saturated carbocycles. The molecular formula is C17H14N4O3S. The summed E-state index contributed by atoms with van der Waals surface area (Å²) in [5, 5.41) is 3.98. The fourth-order valence-electron chi connectivity index (χ4n) is 2.19. The molecule has 0 unspecified atom stereocenters. The molecule has 0 saturated heterocycles. The number of hydrogen-bond acceptors (Lipinski definition) is 5. The van der Waals surface area contributed by atoms with E-state index in [2.05, 4.69) is 21.2 Å². The van der Waals surface area contributed by atoms with Gasteiger partial charge in [0, 0.05) is 35.1 Å². The van der Waals surface area contributed by atoms with E-state index >= 15 is 0 Å². The van der Waals surface area contributed by atoms with E-state index in [9.17, 15) is 9.59 Å². The second kappa shape index (κ2) is 7.10. The first kappa shape index (κ1) is 16.6. The minimum absolute atomic E-state index is 0.224. The van der Waals surface area contributed by atoms with Crippen LogP contribution in [0.5, 0.6) is 0 Å². The third kappa shape index (κ3) is 3.99. The summed E-state index contributed by atoms with van der Waals surface area (Å²) >= 11 is 5.18. The van der Waals surface area contributed by atoms with Crippen molar-refractivity contribution in [1.82, 2.24) is 15.8 Å². The Morgan fingerprint density at radius 1 is 1.12 bits per heavy atom. The average molecular weight is 354 g/mol. The van der Waals surface area contributed by atoms with E-state index < -0.39 is 5.63 Å². The summed E-state index contributed by atoms with van der Waals surface area (Å²) in [5.74, 6) is -0.330. The van der Waals surface area contributed by atoms with Crippen molar-refractivity contribution in [2.24, 2.45) is 0 Å². The van der Waals surface area contributed by atoms with Gasteiger partial charge in [-0.15, -0.1) is 0 Å². The molecule has 8 heteroatoms. The SMILES string of the molecule is Cc1cc2oc(=O)ccc2cc1NC(=S)NNC(=O)c1ccncc1. The van der Waals surface area contributed by atoms with E-state index in [0.29, 0.717) is 11.1 Å². The highest BCUT2D eigenvalue weighted by molar-refractivity contribution is 7.80. The first-order chi connectivity index (χ1) is 12.0. The number of pyridine rings is 1.